The fraction of sp³-hybridized carbons (Fsp3) is 0.333. The molecule has 3 aromatic rings. The molecule has 172 valence electrons. The summed E-state index contributed by atoms with van der Waals surface area (Å²) in [6.45, 7) is 2.56. The number of methoxy groups -OCH3 is 1. The van der Waals surface area contributed by atoms with Gasteiger partial charge in [0.25, 0.3) is 0 Å². The summed E-state index contributed by atoms with van der Waals surface area (Å²) in [5.74, 6) is 1.20. The number of hydrogen-bond acceptors (Lipinski definition) is 6. The number of carbonyl (C=O) groups is 1. The lowest BCUT2D eigenvalue weighted by molar-refractivity contribution is -0.126. The van der Waals surface area contributed by atoms with E-state index in [4.69, 9.17) is 20.0 Å². The first-order valence-corrected chi connectivity index (χ1v) is 11.7. The molecule has 0 N–H and O–H groups in total. The summed E-state index contributed by atoms with van der Waals surface area (Å²) in [6.07, 6.45) is 5.37. The average molecular weight is 454 g/mol. The Morgan fingerprint density at radius 2 is 1.91 bits per heavy atom. The van der Waals surface area contributed by atoms with Crippen molar-refractivity contribution in [3.63, 3.8) is 0 Å². The van der Waals surface area contributed by atoms with Crippen LogP contribution in [0.15, 0.2) is 54.6 Å². The summed E-state index contributed by atoms with van der Waals surface area (Å²) in [7, 11) is 1.61. The maximum Gasteiger partial charge on any atom is 0.318 e. The average Bonchev–Trinajstić information content (AvgIpc) is 2.90. The van der Waals surface area contributed by atoms with Gasteiger partial charge in [-0.05, 0) is 41.5 Å². The van der Waals surface area contributed by atoms with Gasteiger partial charge in [0.15, 0.2) is 0 Å². The van der Waals surface area contributed by atoms with Crippen LogP contribution in [0.2, 0.25) is 0 Å². The Bertz CT molecular complexity index is 1280. The van der Waals surface area contributed by atoms with E-state index in [0.29, 0.717) is 38.1 Å². The van der Waals surface area contributed by atoms with E-state index in [1.165, 1.54) is 34.1 Å². The van der Waals surface area contributed by atoms with E-state index in [-0.39, 0.29) is 5.91 Å². The van der Waals surface area contributed by atoms with Gasteiger partial charge in [0.2, 0.25) is 5.91 Å². The van der Waals surface area contributed by atoms with Crippen molar-refractivity contribution < 1.29 is 9.53 Å². The van der Waals surface area contributed by atoms with Crippen LogP contribution in [0.5, 0.6) is 6.01 Å². The fourth-order valence-corrected chi connectivity index (χ4v) is 5.15. The summed E-state index contributed by atoms with van der Waals surface area (Å²) >= 11 is 0. The summed E-state index contributed by atoms with van der Waals surface area (Å²) in [5, 5.41) is 11.2. The minimum absolute atomic E-state index is 0.124. The van der Waals surface area contributed by atoms with Gasteiger partial charge in [-0.15, -0.1) is 0 Å². The molecular weight excluding hydrogens is 426 g/mol. The zero-order valence-corrected chi connectivity index (χ0v) is 19.3. The molecule has 2 aromatic carbocycles. The molecule has 1 aliphatic carbocycles. The standard InChI is InChI=1S/C27H27N5O2/c1-34-27-29-24-18-20(22-9-4-7-19-6-2-3-8-21(19)22)11-12-23(24)26(30-27)32-16-14-31(15-17-32)25(33)10-5-13-28/h2-10,20H,11-12,14-18H2,1H3/b10-5+. The molecule has 1 aliphatic heterocycles. The molecule has 2 aliphatic rings. The molecule has 34 heavy (non-hydrogen) atoms. The number of ether oxygens (including phenoxy) is 1. The van der Waals surface area contributed by atoms with Crippen molar-refractivity contribution in [3.05, 3.63) is 71.4 Å². The first kappa shape index (κ1) is 21.9. The van der Waals surface area contributed by atoms with Crippen LogP contribution in [0.4, 0.5) is 5.82 Å². The summed E-state index contributed by atoms with van der Waals surface area (Å²) in [6, 6.07) is 17.4. The highest BCUT2D eigenvalue weighted by molar-refractivity contribution is 5.88. The van der Waals surface area contributed by atoms with Crippen molar-refractivity contribution in [1.82, 2.24) is 14.9 Å². The van der Waals surface area contributed by atoms with Crippen molar-refractivity contribution in [2.75, 3.05) is 38.2 Å². The molecule has 1 aromatic heterocycles. The van der Waals surface area contributed by atoms with Gasteiger partial charge in [-0.2, -0.15) is 15.2 Å². The molecule has 1 saturated heterocycles. The van der Waals surface area contributed by atoms with Gasteiger partial charge < -0.3 is 14.5 Å². The van der Waals surface area contributed by atoms with E-state index in [1.54, 1.807) is 12.0 Å². The Morgan fingerprint density at radius 1 is 1.12 bits per heavy atom. The number of benzene rings is 2. The van der Waals surface area contributed by atoms with Crippen LogP contribution in [0, 0.1) is 11.3 Å². The van der Waals surface area contributed by atoms with E-state index in [0.717, 1.165) is 30.8 Å². The number of allylic oxidation sites excluding steroid dienone is 1. The van der Waals surface area contributed by atoms with Crippen molar-refractivity contribution >= 4 is 22.5 Å². The highest BCUT2D eigenvalue weighted by Crippen LogP contribution is 2.39. The highest BCUT2D eigenvalue weighted by atomic mass is 16.5. The van der Waals surface area contributed by atoms with Crippen molar-refractivity contribution in [2.45, 2.75) is 25.2 Å². The summed E-state index contributed by atoms with van der Waals surface area (Å²) in [4.78, 5) is 25.7. The third kappa shape index (κ3) is 4.19. The van der Waals surface area contributed by atoms with Gasteiger partial charge in [-0.3, -0.25) is 4.79 Å². The fourth-order valence-electron chi connectivity index (χ4n) is 5.15. The Kier molecular flexibility index (Phi) is 6.13. The molecule has 0 saturated carbocycles. The maximum atomic E-state index is 12.2. The number of anilines is 1. The third-order valence-electron chi connectivity index (χ3n) is 6.87. The van der Waals surface area contributed by atoms with Gasteiger partial charge in [-0.25, -0.2) is 0 Å². The van der Waals surface area contributed by atoms with Gasteiger partial charge in [0, 0.05) is 43.9 Å². The SMILES string of the molecule is COc1nc2c(c(N3CCN(C(=O)/C=C/C#N)CC3)n1)CCC(c1cccc3ccccc13)C2. The van der Waals surface area contributed by atoms with Gasteiger partial charge >= 0.3 is 6.01 Å². The Morgan fingerprint density at radius 3 is 2.71 bits per heavy atom. The van der Waals surface area contributed by atoms with E-state index >= 15 is 0 Å². The van der Waals surface area contributed by atoms with E-state index in [1.807, 2.05) is 6.07 Å². The van der Waals surface area contributed by atoms with Crippen molar-refractivity contribution in [2.24, 2.45) is 0 Å². The summed E-state index contributed by atoms with van der Waals surface area (Å²) < 4.78 is 5.47. The highest BCUT2D eigenvalue weighted by Gasteiger charge is 2.30. The maximum absolute atomic E-state index is 12.2. The molecule has 1 amide bonds. The molecule has 0 radical (unpaired) electrons. The molecule has 7 heteroatoms. The minimum Gasteiger partial charge on any atom is -0.467 e. The van der Waals surface area contributed by atoms with Gasteiger partial charge in [-0.1, -0.05) is 42.5 Å². The second kappa shape index (κ2) is 9.52. The van der Waals surface area contributed by atoms with Gasteiger partial charge in [0.1, 0.15) is 5.82 Å². The number of piperazine rings is 1. The monoisotopic (exact) mass is 453 g/mol. The molecule has 0 bridgehead atoms. The number of nitrogens with zero attached hydrogens (tertiary/aromatic N) is 5. The molecular formula is C27H27N5O2. The zero-order valence-electron chi connectivity index (χ0n) is 19.3. The molecule has 2 heterocycles. The first-order valence-electron chi connectivity index (χ1n) is 11.7. The Balaban J connectivity index is 1.40. The van der Waals surface area contributed by atoms with Crippen LogP contribution in [-0.2, 0) is 17.6 Å². The van der Waals surface area contributed by atoms with Crippen LogP contribution in [0.1, 0.15) is 29.2 Å². The smallest absolute Gasteiger partial charge is 0.318 e. The molecule has 7 nitrogen and oxygen atoms in total. The lowest BCUT2D eigenvalue weighted by Crippen LogP contribution is -2.49. The number of aromatic nitrogens is 2. The molecule has 1 fully saturated rings. The lowest BCUT2D eigenvalue weighted by Gasteiger charge is -2.37. The van der Waals surface area contributed by atoms with E-state index in [9.17, 15) is 4.79 Å². The lowest BCUT2D eigenvalue weighted by atomic mass is 9.80. The molecule has 1 unspecified atom stereocenters. The number of fused-ring (bicyclic) bond motifs is 2. The topological polar surface area (TPSA) is 82.4 Å². The van der Waals surface area contributed by atoms with Crippen molar-refractivity contribution in [1.29, 1.82) is 5.26 Å². The van der Waals surface area contributed by atoms with E-state index < -0.39 is 0 Å². The van der Waals surface area contributed by atoms with Crippen LogP contribution in [0.25, 0.3) is 10.8 Å². The molecule has 0 spiro atoms. The van der Waals surface area contributed by atoms with E-state index in [2.05, 4.69) is 47.4 Å². The summed E-state index contributed by atoms with van der Waals surface area (Å²) in [5.41, 5.74) is 3.63. The Labute approximate surface area is 199 Å². The van der Waals surface area contributed by atoms with Crippen LogP contribution in [-0.4, -0.2) is 54.1 Å². The Hall–Kier alpha value is -3.92. The predicted molar refractivity (Wildman–Crippen MR) is 131 cm³/mol. The predicted octanol–water partition coefficient (Wildman–Crippen LogP) is 3.64. The minimum atomic E-state index is -0.124. The van der Waals surface area contributed by atoms with Crippen LogP contribution < -0.4 is 9.64 Å². The molecule has 5 rings (SSSR count). The second-order valence-electron chi connectivity index (χ2n) is 8.74. The number of carbonyl (C=O) groups excluding carboxylic acids is 1. The van der Waals surface area contributed by atoms with Gasteiger partial charge in [0.05, 0.1) is 18.9 Å². The molecule has 1 atom stereocenters. The zero-order chi connectivity index (χ0) is 23.5. The number of amides is 1. The number of nitriles is 1. The largest absolute Gasteiger partial charge is 0.467 e. The van der Waals surface area contributed by atoms with Crippen LogP contribution in [0.3, 0.4) is 0 Å². The normalized spacial score (nSPS) is 18.1. The first-order chi connectivity index (χ1) is 16.7. The third-order valence-corrected chi connectivity index (χ3v) is 6.87. The quantitative estimate of drug-likeness (QED) is 0.443. The van der Waals surface area contributed by atoms with Crippen LogP contribution >= 0.6 is 0 Å². The van der Waals surface area contributed by atoms with Crippen molar-refractivity contribution in [3.8, 4) is 12.1 Å². The number of rotatable bonds is 4. The number of hydrogen-bond donors (Lipinski definition) is 0. The second-order valence-corrected chi connectivity index (χ2v) is 8.74.